The van der Waals surface area contributed by atoms with Gasteiger partial charge in [0.2, 0.25) is 0 Å². The van der Waals surface area contributed by atoms with E-state index in [1.807, 2.05) is 48.5 Å². The minimum Gasteiger partial charge on any atom is -0.352 e. The molecule has 2 aromatic carbocycles. The van der Waals surface area contributed by atoms with Crippen LogP contribution in [0.4, 0.5) is 5.82 Å². The van der Waals surface area contributed by atoms with Gasteiger partial charge in [-0.2, -0.15) is 0 Å². The van der Waals surface area contributed by atoms with Crippen molar-refractivity contribution >= 4 is 33.3 Å². The van der Waals surface area contributed by atoms with Crippen LogP contribution < -0.4 is 10.2 Å². The molecule has 0 radical (unpaired) electrons. The fraction of sp³-hybridized carbons (Fsp3) is 0.286. The van der Waals surface area contributed by atoms with Crippen LogP contribution in [0.15, 0.2) is 53.0 Å². The Morgan fingerprint density at radius 3 is 2.18 bits per heavy atom. The summed E-state index contributed by atoms with van der Waals surface area (Å²) >= 11 is 9.52. The first kappa shape index (κ1) is 19.3. The first-order valence-electron chi connectivity index (χ1n) is 9.27. The van der Waals surface area contributed by atoms with Crippen LogP contribution in [0, 0.1) is 0 Å². The lowest BCUT2D eigenvalue weighted by Crippen LogP contribution is -2.54. The standard InChI is InChI=1S/C21H21BrClN5/c1-13-11-28(12-14(2)24-13)21-19(15-3-7-17(22)8-4-15)26-27-20(25-21)16-5-9-18(23)10-6-16/h3-10,13-14,24H,11-12H2,1-2H3/t13-,14-/m1/s1. The molecule has 2 atom stereocenters. The van der Waals surface area contributed by atoms with Crippen molar-refractivity contribution in [3.63, 3.8) is 0 Å². The third kappa shape index (κ3) is 4.19. The van der Waals surface area contributed by atoms with E-state index in [2.05, 4.69) is 50.2 Å². The van der Waals surface area contributed by atoms with E-state index in [-0.39, 0.29) is 0 Å². The predicted molar refractivity (Wildman–Crippen MR) is 118 cm³/mol. The van der Waals surface area contributed by atoms with Gasteiger partial charge in [-0.25, -0.2) is 4.98 Å². The molecule has 1 N–H and O–H groups in total. The van der Waals surface area contributed by atoms with Crippen molar-refractivity contribution in [2.45, 2.75) is 25.9 Å². The van der Waals surface area contributed by atoms with Gasteiger partial charge in [-0.1, -0.05) is 39.7 Å². The summed E-state index contributed by atoms with van der Waals surface area (Å²) in [5.41, 5.74) is 2.70. The molecule has 5 nitrogen and oxygen atoms in total. The number of nitrogens with zero attached hydrogens (tertiary/aromatic N) is 4. The molecule has 0 unspecified atom stereocenters. The van der Waals surface area contributed by atoms with E-state index in [9.17, 15) is 0 Å². The molecule has 0 amide bonds. The summed E-state index contributed by atoms with van der Waals surface area (Å²) in [6.45, 7) is 6.12. The number of halogens is 2. The Kier molecular flexibility index (Phi) is 5.62. The van der Waals surface area contributed by atoms with Crippen molar-refractivity contribution in [3.05, 3.63) is 58.0 Å². The molecule has 0 bridgehead atoms. The van der Waals surface area contributed by atoms with E-state index in [4.69, 9.17) is 16.6 Å². The van der Waals surface area contributed by atoms with Gasteiger partial charge in [-0.3, -0.25) is 0 Å². The fourth-order valence-corrected chi connectivity index (χ4v) is 3.94. The summed E-state index contributed by atoms with van der Waals surface area (Å²) in [4.78, 5) is 7.24. The zero-order valence-corrected chi connectivity index (χ0v) is 18.1. The molecule has 0 saturated carbocycles. The topological polar surface area (TPSA) is 53.9 Å². The summed E-state index contributed by atoms with van der Waals surface area (Å²) in [7, 11) is 0. The average Bonchev–Trinajstić information content (AvgIpc) is 2.68. The Morgan fingerprint density at radius 2 is 1.54 bits per heavy atom. The highest BCUT2D eigenvalue weighted by molar-refractivity contribution is 9.10. The number of anilines is 1. The van der Waals surface area contributed by atoms with Gasteiger partial charge >= 0.3 is 0 Å². The third-order valence-electron chi connectivity index (χ3n) is 4.75. The van der Waals surface area contributed by atoms with Crippen molar-refractivity contribution in [1.82, 2.24) is 20.5 Å². The SMILES string of the molecule is C[C@@H]1CN(c2nc(-c3ccc(Cl)cc3)nnc2-c2ccc(Br)cc2)C[C@@H](C)N1. The number of hydrogen-bond donors (Lipinski definition) is 1. The molecule has 7 heteroatoms. The molecule has 1 aromatic heterocycles. The molecular formula is C21H21BrClN5. The average molecular weight is 459 g/mol. The van der Waals surface area contributed by atoms with Crippen LogP contribution >= 0.6 is 27.5 Å². The Bertz CT molecular complexity index is 952. The maximum absolute atomic E-state index is 6.03. The van der Waals surface area contributed by atoms with Crippen LogP contribution in [-0.4, -0.2) is 40.4 Å². The first-order valence-corrected chi connectivity index (χ1v) is 10.4. The lowest BCUT2D eigenvalue weighted by atomic mass is 10.1. The highest BCUT2D eigenvalue weighted by atomic mass is 79.9. The van der Waals surface area contributed by atoms with Crippen molar-refractivity contribution in [1.29, 1.82) is 0 Å². The van der Waals surface area contributed by atoms with Gasteiger partial charge in [-0.15, -0.1) is 10.2 Å². The fourth-order valence-electron chi connectivity index (χ4n) is 3.55. The lowest BCUT2D eigenvalue weighted by molar-refractivity contribution is 0.405. The Morgan fingerprint density at radius 1 is 0.929 bits per heavy atom. The number of benzene rings is 2. The van der Waals surface area contributed by atoms with Crippen LogP contribution in [0.3, 0.4) is 0 Å². The van der Waals surface area contributed by atoms with E-state index in [0.29, 0.717) is 22.9 Å². The van der Waals surface area contributed by atoms with Gasteiger partial charge in [0, 0.05) is 45.8 Å². The molecule has 1 aliphatic rings. The normalized spacial score (nSPS) is 19.6. The highest BCUT2D eigenvalue weighted by Gasteiger charge is 2.26. The van der Waals surface area contributed by atoms with E-state index in [1.165, 1.54) is 0 Å². The smallest absolute Gasteiger partial charge is 0.183 e. The van der Waals surface area contributed by atoms with E-state index < -0.39 is 0 Å². The quantitative estimate of drug-likeness (QED) is 0.610. The van der Waals surface area contributed by atoms with Crippen molar-refractivity contribution in [2.75, 3.05) is 18.0 Å². The summed E-state index contributed by atoms with van der Waals surface area (Å²) < 4.78 is 1.03. The minimum atomic E-state index is 0.371. The second-order valence-electron chi connectivity index (χ2n) is 7.20. The van der Waals surface area contributed by atoms with E-state index in [1.54, 1.807) is 0 Å². The molecule has 144 valence electrons. The van der Waals surface area contributed by atoms with Crippen LogP contribution in [0.5, 0.6) is 0 Å². The third-order valence-corrected chi connectivity index (χ3v) is 5.53. The molecule has 2 heterocycles. The monoisotopic (exact) mass is 457 g/mol. The molecular weight excluding hydrogens is 438 g/mol. The summed E-state index contributed by atoms with van der Waals surface area (Å²) in [5.74, 6) is 1.47. The number of rotatable bonds is 3. The Labute approximate surface area is 178 Å². The second kappa shape index (κ2) is 8.15. The van der Waals surface area contributed by atoms with Crippen LogP contribution in [-0.2, 0) is 0 Å². The molecule has 0 spiro atoms. The van der Waals surface area contributed by atoms with Gasteiger partial charge in [0.05, 0.1) is 0 Å². The zero-order chi connectivity index (χ0) is 19.7. The molecule has 3 aromatic rings. The van der Waals surface area contributed by atoms with E-state index >= 15 is 0 Å². The van der Waals surface area contributed by atoms with Crippen LogP contribution in [0.25, 0.3) is 22.6 Å². The van der Waals surface area contributed by atoms with Crippen LogP contribution in [0.1, 0.15) is 13.8 Å². The zero-order valence-electron chi connectivity index (χ0n) is 15.7. The molecule has 4 rings (SSSR count). The van der Waals surface area contributed by atoms with Gasteiger partial charge in [-0.05, 0) is 50.2 Å². The van der Waals surface area contributed by atoms with Gasteiger partial charge < -0.3 is 10.2 Å². The summed E-state index contributed by atoms with van der Waals surface area (Å²) in [6.07, 6.45) is 0. The second-order valence-corrected chi connectivity index (χ2v) is 8.55. The van der Waals surface area contributed by atoms with E-state index in [0.717, 1.165) is 40.2 Å². The maximum Gasteiger partial charge on any atom is 0.183 e. The number of aromatic nitrogens is 3. The first-order chi connectivity index (χ1) is 13.5. The number of nitrogens with one attached hydrogen (secondary N) is 1. The largest absolute Gasteiger partial charge is 0.352 e. The molecule has 1 aliphatic heterocycles. The Hall–Kier alpha value is -2.02. The van der Waals surface area contributed by atoms with Gasteiger partial charge in [0.15, 0.2) is 11.6 Å². The molecule has 1 saturated heterocycles. The number of hydrogen-bond acceptors (Lipinski definition) is 5. The highest BCUT2D eigenvalue weighted by Crippen LogP contribution is 2.31. The number of piperazine rings is 1. The molecule has 28 heavy (non-hydrogen) atoms. The molecule has 0 aliphatic carbocycles. The summed E-state index contributed by atoms with van der Waals surface area (Å²) in [5, 5.41) is 13.3. The van der Waals surface area contributed by atoms with Crippen molar-refractivity contribution < 1.29 is 0 Å². The van der Waals surface area contributed by atoms with Crippen LogP contribution in [0.2, 0.25) is 5.02 Å². The maximum atomic E-state index is 6.03. The van der Waals surface area contributed by atoms with Crippen molar-refractivity contribution in [2.24, 2.45) is 0 Å². The van der Waals surface area contributed by atoms with Gasteiger partial charge in [0.1, 0.15) is 5.69 Å². The minimum absolute atomic E-state index is 0.371. The summed E-state index contributed by atoms with van der Waals surface area (Å²) in [6, 6.07) is 16.4. The predicted octanol–water partition coefficient (Wildman–Crippen LogP) is 4.81. The Balaban J connectivity index is 1.81. The lowest BCUT2D eigenvalue weighted by Gasteiger charge is -2.37. The van der Waals surface area contributed by atoms with Crippen molar-refractivity contribution in [3.8, 4) is 22.6 Å². The van der Waals surface area contributed by atoms with Gasteiger partial charge in [0.25, 0.3) is 0 Å². The molecule has 1 fully saturated rings.